The fourth-order valence-corrected chi connectivity index (χ4v) is 9.59. The van der Waals surface area contributed by atoms with E-state index in [4.69, 9.17) is 18.9 Å². The Morgan fingerprint density at radius 3 is 1.93 bits per heavy atom. The van der Waals surface area contributed by atoms with Crippen molar-refractivity contribution in [1.29, 1.82) is 0 Å². The first kappa shape index (κ1) is 34.5. The zero-order valence-electron chi connectivity index (χ0n) is 24.5. The van der Waals surface area contributed by atoms with Crippen LogP contribution in [0.15, 0.2) is 38.0 Å². The highest BCUT2D eigenvalue weighted by Crippen LogP contribution is 2.49. The zero-order valence-corrected chi connectivity index (χ0v) is 27.0. The maximum absolute atomic E-state index is 10.4. The molecule has 5 heterocycles. The van der Waals surface area contributed by atoms with Crippen LogP contribution >= 0.6 is 35.3 Å². The van der Waals surface area contributed by atoms with Crippen molar-refractivity contribution in [2.75, 3.05) is 17.3 Å². The Labute approximate surface area is 253 Å². The van der Waals surface area contributed by atoms with Crippen molar-refractivity contribution in [1.82, 2.24) is 0 Å². The normalized spacial score (nSPS) is 40.3. The standard InChI is InChI=1S/C11H18O3S.C11H18O2S.C8H14O2S/c1-4-5-6-11(12)9-8(7-15-11)13-10(2,3)14-9;1-4-5-6-9-10-8(7-14-9)12-11(2,3)13-10;1-2-3-4-7-8(10)6(9)5-11-7/h4,8-9,12H,1,5-7H2,2-3H3;4,8-10H,1,5-7H2,2-3H3;2,6-10H,1,3-5H2/t8?,9-,11?;8?,9-,10-;6?,7-,8-/m000/s1. The summed E-state index contributed by atoms with van der Waals surface area (Å²) in [6.45, 7) is 18.8. The molecule has 5 rings (SSSR count). The molecular formula is C30H50O7S3. The average molecular weight is 619 g/mol. The molecule has 0 aliphatic carbocycles. The number of rotatable bonds is 9. The van der Waals surface area contributed by atoms with E-state index in [0.29, 0.717) is 29.6 Å². The number of fused-ring (bicyclic) bond motifs is 2. The number of hydrogen-bond acceptors (Lipinski definition) is 10. The van der Waals surface area contributed by atoms with Crippen LogP contribution in [0.3, 0.4) is 0 Å². The highest BCUT2D eigenvalue weighted by molar-refractivity contribution is 8.01. The predicted octanol–water partition coefficient (Wildman–Crippen LogP) is 5.29. The molecule has 230 valence electrons. The van der Waals surface area contributed by atoms with Gasteiger partial charge in [-0.2, -0.15) is 23.5 Å². The molecule has 0 aromatic carbocycles. The molecule has 9 atom stereocenters. The smallest absolute Gasteiger partial charge is 0.163 e. The van der Waals surface area contributed by atoms with Crippen molar-refractivity contribution in [2.45, 2.75) is 130 Å². The SMILES string of the molecule is C=CCCC1(O)SCC2OC(C)(C)O[C@@H]21.C=CCC[C@@H]1SCC(O)[C@@H]1O.C=CCC[C@@H]1SCC2OC(C)(C)O[C@@H]21. The molecule has 0 aromatic heterocycles. The fraction of sp³-hybridized carbons (Fsp3) is 0.800. The van der Waals surface area contributed by atoms with Crippen molar-refractivity contribution >= 4 is 35.3 Å². The molecule has 4 unspecified atom stereocenters. The van der Waals surface area contributed by atoms with Gasteiger partial charge in [0.25, 0.3) is 0 Å². The second kappa shape index (κ2) is 15.1. The number of allylic oxidation sites excluding steroid dienone is 3. The van der Waals surface area contributed by atoms with Gasteiger partial charge in [0.05, 0.1) is 24.4 Å². The Morgan fingerprint density at radius 1 is 0.750 bits per heavy atom. The fourth-order valence-electron chi connectivity index (χ4n) is 5.53. The van der Waals surface area contributed by atoms with E-state index in [9.17, 15) is 15.3 Å². The number of aliphatic hydroxyl groups is 3. The summed E-state index contributed by atoms with van der Waals surface area (Å²) in [5.41, 5.74) is 0. The minimum Gasteiger partial charge on any atom is -0.390 e. The van der Waals surface area contributed by atoms with Crippen LogP contribution in [0.1, 0.15) is 66.2 Å². The lowest BCUT2D eigenvalue weighted by Crippen LogP contribution is -2.39. The lowest BCUT2D eigenvalue weighted by molar-refractivity contribution is -0.159. The minimum atomic E-state index is -0.799. The van der Waals surface area contributed by atoms with E-state index in [0.717, 1.165) is 43.6 Å². The Morgan fingerprint density at radius 2 is 1.32 bits per heavy atom. The van der Waals surface area contributed by atoms with E-state index in [1.165, 1.54) is 11.8 Å². The summed E-state index contributed by atoms with van der Waals surface area (Å²) < 4.78 is 23.2. The van der Waals surface area contributed by atoms with E-state index in [1.54, 1.807) is 11.8 Å². The number of hydrogen-bond donors (Lipinski definition) is 3. The molecule has 5 saturated heterocycles. The van der Waals surface area contributed by atoms with Crippen LogP contribution in [-0.4, -0.2) is 96.2 Å². The summed E-state index contributed by atoms with van der Waals surface area (Å²) in [4.78, 5) is -0.799. The summed E-state index contributed by atoms with van der Waals surface area (Å²) in [6, 6.07) is 0. The first-order valence-electron chi connectivity index (χ1n) is 14.3. The minimum absolute atomic E-state index is 0.0276. The molecule has 0 saturated carbocycles. The summed E-state index contributed by atoms with van der Waals surface area (Å²) in [7, 11) is 0. The van der Waals surface area contributed by atoms with Gasteiger partial charge in [0, 0.05) is 27.8 Å². The van der Waals surface area contributed by atoms with Gasteiger partial charge in [-0.25, -0.2) is 0 Å². The molecule has 0 bridgehead atoms. The van der Waals surface area contributed by atoms with E-state index >= 15 is 0 Å². The van der Waals surface area contributed by atoms with Gasteiger partial charge in [0.1, 0.15) is 17.1 Å². The molecule has 5 fully saturated rings. The molecule has 0 radical (unpaired) electrons. The Balaban J connectivity index is 0.000000168. The maximum atomic E-state index is 10.4. The molecule has 0 spiro atoms. The monoisotopic (exact) mass is 618 g/mol. The molecule has 40 heavy (non-hydrogen) atoms. The molecule has 0 aromatic rings. The van der Waals surface area contributed by atoms with Crippen molar-refractivity contribution in [2.24, 2.45) is 0 Å². The van der Waals surface area contributed by atoms with Gasteiger partial charge < -0.3 is 34.3 Å². The lowest BCUT2D eigenvalue weighted by atomic mass is 10.0. The third kappa shape index (κ3) is 9.24. The first-order chi connectivity index (χ1) is 18.8. The van der Waals surface area contributed by atoms with Gasteiger partial charge in [0.15, 0.2) is 11.6 Å². The maximum Gasteiger partial charge on any atom is 0.163 e. The third-order valence-corrected chi connectivity index (χ3v) is 11.8. The second-order valence-corrected chi connectivity index (χ2v) is 15.6. The van der Waals surface area contributed by atoms with Gasteiger partial charge in [-0.05, 0) is 66.2 Å². The highest BCUT2D eigenvalue weighted by atomic mass is 32.2. The topological polar surface area (TPSA) is 97.6 Å². The predicted molar refractivity (Wildman–Crippen MR) is 168 cm³/mol. The number of ether oxygens (including phenoxy) is 4. The van der Waals surface area contributed by atoms with E-state index < -0.39 is 22.9 Å². The van der Waals surface area contributed by atoms with Gasteiger partial charge in [-0.15, -0.1) is 31.5 Å². The van der Waals surface area contributed by atoms with Crippen LogP contribution in [0.25, 0.3) is 0 Å². The first-order valence-corrected chi connectivity index (χ1v) is 17.4. The quantitative estimate of drug-likeness (QED) is 0.296. The second-order valence-electron chi connectivity index (χ2n) is 11.7. The van der Waals surface area contributed by atoms with Crippen molar-refractivity contribution < 1.29 is 34.3 Å². The van der Waals surface area contributed by atoms with Gasteiger partial charge >= 0.3 is 0 Å². The highest BCUT2D eigenvalue weighted by Gasteiger charge is 2.57. The van der Waals surface area contributed by atoms with Gasteiger partial charge in [-0.3, -0.25) is 0 Å². The van der Waals surface area contributed by atoms with Crippen LogP contribution in [-0.2, 0) is 18.9 Å². The summed E-state index contributed by atoms with van der Waals surface area (Å²) in [5.74, 6) is 1.63. The third-order valence-electron chi connectivity index (χ3n) is 7.46. The van der Waals surface area contributed by atoms with Gasteiger partial charge in [0.2, 0.25) is 0 Å². The van der Waals surface area contributed by atoms with Crippen LogP contribution < -0.4 is 0 Å². The van der Waals surface area contributed by atoms with Crippen molar-refractivity contribution in [3.63, 3.8) is 0 Å². The number of aliphatic hydroxyl groups excluding tert-OH is 2. The van der Waals surface area contributed by atoms with Crippen molar-refractivity contribution in [3.05, 3.63) is 38.0 Å². The largest absolute Gasteiger partial charge is 0.390 e. The van der Waals surface area contributed by atoms with Crippen LogP contribution in [0, 0.1) is 0 Å². The molecule has 0 amide bonds. The lowest BCUT2D eigenvalue weighted by Gasteiger charge is -2.28. The van der Waals surface area contributed by atoms with Gasteiger partial charge in [-0.1, -0.05) is 18.2 Å². The summed E-state index contributed by atoms with van der Waals surface area (Å²) in [5, 5.41) is 29.8. The molecule has 7 nitrogen and oxygen atoms in total. The molecule has 5 aliphatic rings. The molecular weight excluding hydrogens is 569 g/mol. The molecule has 10 heteroatoms. The van der Waals surface area contributed by atoms with Crippen LogP contribution in [0.5, 0.6) is 0 Å². The van der Waals surface area contributed by atoms with E-state index in [-0.39, 0.29) is 23.2 Å². The Hall–Kier alpha value is -0.0100. The number of thioether (sulfide) groups is 3. The van der Waals surface area contributed by atoms with E-state index in [2.05, 4.69) is 19.7 Å². The summed E-state index contributed by atoms with van der Waals surface area (Å²) in [6.07, 6.45) is 10.6. The average Bonchev–Trinajstić information content (AvgIpc) is 3.66. The molecule has 5 aliphatic heterocycles. The van der Waals surface area contributed by atoms with Crippen LogP contribution in [0.2, 0.25) is 0 Å². The van der Waals surface area contributed by atoms with E-state index in [1.807, 2.05) is 57.7 Å². The molecule has 3 N–H and O–H groups in total. The van der Waals surface area contributed by atoms with Crippen molar-refractivity contribution in [3.8, 4) is 0 Å². The summed E-state index contributed by atoms with van der Waals surface area (Å²) >= 11 is 5.16. The zero-order chi connectivity index (χ0) is 29.6. The Bertz CT molecular complexity index is 840. The van der Waals surface area contributed by atoms with Crippen LogP contribution in [0.4, 0.5) is 0 Å². The Kier molecular flexibility index (Phi) is 13.0.